The number of carboxylic acids is 1. The molecule has 0 aliphatic heterocycles. The van der Waals surface area contributed by atoms with Crippen LogP contribution in [0.3, 0.4) is 0 Å². The first-order valence-electron chi connectivity index (χ1n) is 5.34. The lowest BCUT2D eigenvalue weighted by molar-refractivity contribution is 0.0656. The minimum Gasteiger partial charge on any atom is -0.475 e. The van der Waals surface area contributed by atoms with E-state index in [1.807, 2.05) is 0 Å². The zero-order valence-electron chi connectivity index (χ0n) is 9.05. The molecule has 0 saturated heterocycles. The van der Waals surface area contributed by atoms with Crippen LogP contribution in [-0.2, 0) is 10.0 Å². The molecule has 17 heavy (non-hydrogen) atoms. The minimum atomic E-state index is -3.74. The molecule has 1 saturated carbocycles. The Balaban J connectivity index is 2.15. The first-order chi connectivity index (χ1) is 7.99. The number of rotatable bonds is 4. The predicted molar refractivity (Wildman–Crippen MR) is 58.2 cm³/mol. The molecule has 2 rings (SSSR count). The molecule has 0 atom stereocenters. The number of hydrogen-bond donors (Lipinski definition) is 2. The van der Waals surface area contributed by atoms with E-state index in [0.29, 0.717) is 0 Å². The third-order valence-corrected chi connectivity index (χ3v) is 4.13. The van der Waals surface area contributed by atoms with E-state index in [4.69, 9.17) is 9.52 Å². The van der Waals surface area contributed by atoms with Gasteiger partial charge >= 0.3 is 5.97 Å². The van der Waals surface area contributed by atoms with Gasteiger partial charge in [-0.05, 0) is 25.0 Å². The normalized spacial score (nSPS) is 17.4. The second-order valence-electron chi connectivity index (χ2n) is 4.03. The Bertz CT molecular complexity index is 513. The monoisotopic (exact) mass is 259 g/mol. The van der Waals surface area contributed by atoms with Crippen molar-refractivity contribution >= 4 is 16.0 Å². The average Bonchev–Trinajstić information content (AvgIpc) is 2.84. The molecular formula is C10H13NO5S. The van der Waals surface area contributed by atoms with E-state index in [1.165, 1.54) is 0 Å². The number of carbonyl (C=O) groups is 1. The maximum Gasteiger partial charge on any atom is 0.371 e. The molecule has 0 aromatic carbocycles. The smallest absolute Gasteiger partial charge is 0.371 e. The van der Waals surface area contributed by atoms with Crippen LogP contribution < -0.4 is 4.72 Å². The molecule has 0 radical (unpaired) electrons. The fraction of sp³-hybridized carbons (Fsp3) is 0.500. The summed E-state index contributed by atoms with van der Waals surface area (Å²) >= 11 is 0. The summed E-state index contributed by atoms with van der Waals surface area (Å²) in [5.74, 6) is -1.66. The van der Waals surface area contributed by atoms with Crippen molar-refractivity contribution in [2.45, 2.75) is 36.8 Å². The summed E-state index contributed by atoms with van der Waals surface area (Å²) in [4.78, 5) is 10.6. The summed E-state index contributed by atoms with van der Waals surface area (Å²) in [7, 11) is -3.74. The van der Waals surface area contributed by atoms with E-state index < -0.39 is 16.0 Å². The highest BCUT2D eigenvalue weighted by Crippen LogP contribution is 2.21. The van der Waals surface area contributed by atoms with Gasteiger partial charge in [0.05, 0.1) is 0 Å². The lowest BCUT2D eigenvalue weighted by Gasteiger charge is -2.10. The molecular weight excluding hydrogens is 246 g/mol. The molecule has 1 aliphatic carbocycles. The number of aromatic carboxylic acids is 1. The second-order valence-corrected chi connectivity index (χ2v) is 5.67. The van der Waals surface area contributed by atoms with Gasteiger partial charge in [0.1, 0.15) is 0 Å². The highest BCUT2D eigenvalue weighted by atomic mass is 32.2. The zero-order valence-corrected chi connectivity index (χ0v) is 9.87. The SMILES string of the molecule is O=C(O)c1ccc(S(=O)(=O)NC2CCCC2)o1. The van der Waals surface area contributed by atoms with Gasteiger partial charge in [-0.2, -0.15) is 0 Å². The highest BCUT2D eigenvalue weighted by molar-refractivity contribution is 7.89. The Morgan fingerprint density at radius 2 is 2.00 bits per heavy atom. The zero-order chi connectivity index (χ0) is 12.5. The Labute approximate surface area is 98.7 Å². The standard InChI is InChI=1S/C10H13NO5S/c12-10(13)8-5-6-9(16-8)17(14,15)11-7-3-1-2-4-7/h5-7,11H,1-4H2,(H,12,13). The Hall–Kier alpha value is -1.34. The molecule has 94 valence electrons. The topological polar surface area (TPSA) is 96.6 Å². The Morgan fingerprint density at radius 3 is 2.53 bits per heavy atom. The van der Waals surface area contributed by atoms with E-state index in [-0.39, 0.29) is 16.9 Å². The van der Waals surface area contributed by atoms with Gasteiger partial charge < -0.3 is 9.52 Å². The number of hydrogen-bond acceptors (Lipinski definition) is 4. The molecule has 0 unspecified atom stereocenters. The van der Waals surface area contributed by atoms with Crippen molar-refractivity contribution in [2.24, 2.45) is 0 Å². The molecule has 7 heteroatoms. The number of carboxylic acid groups (broad SMARTS) is 1. The number of sulfonamides is 1. The summed E-state index contributed by atoms with van der Waals surface area (Å²) < 4.78 is 30.9. The molecule has 1 aromatic heterocycles. The van der Waals surface area contributed by atoms with Gasteiger partial charge in [-0.25, -0.2) is 17.9 Å². The first kappa shape index (κ1) is 12.1. The molecule has 1 fully saturated rings. The fourth-order valence-corrected chi connectivity index (χ4v) is 3.14. The van der Waals surface area contributed by atoms with Crippen LogP contribution in [0.2, 0.25) is 0 Å². The molecule has 0 spiro atoms. The summed E-state index contributed by atoms with van der Waals surface area (Å²) in [5, 5.41) is 8.29. The predicted octanol–water partition coefficient (Wildman–Crippen LogP) is 1.20. The van der Waals surface area contributed by atoms with Crippen LogP contribution in [0.5, 0.6) is 0 Å². The van der Waals surface area contributed by atoms with Crippen molar-refractivity contribution in [3.63, 3.8) is 0 Å². The van der Waals surface area contributed by atoms with Crippen molar-refractivity contribution in [2.75, 3.05) is 0 Å². The van der Waals surface area contributed by atoms with E-state index in [0.717, 1.165) is 37.8 Å². The number of nitrogens with one attached hydrogen (secondary N) is 1. The van der Waals surface area contributed by atoms with E-state index in [1.54, 1.807) is 0 Å². The van der Waals surface area contributed by atoms with Crippen LogP contribution in [-0.4, -0.2) is 25.5 Å². The van der Waals surface area contributed by atoms with Crippen molar-refractivity contribution in [3.8, 4) is 0 Å². The van der Waals surface area contributed by atoms with Crippen LogP contribution in [0.4, 0.5) is 0 Å². The molecule has 1 aliphatic rings. The van der Waals surface area contributed by atoms with E-state index >= 15 is 0 Å². The fourth-order valence-electron chi connectivity index (χ4n) is 1.90. The molecule has 0 bridgehead atoms. The van der Waals surface area contributed by atoms with Crippen molar-refractivity contribution in [3.05, 3.63) is 17.9 Å². The molecule has 1 heterocycles. The molecule has 6 nitrogen and oxygen atoms in total. The van der Waals surface area contributed by atoms with Gasteiger partial charge in [-0.1, -0.05) is 12.8 Å². The third kappa shape index (κ3) is 2.67. The summed E-state index contributed by atoms with van der Waals surface area (Å²) in [5.41, 5.74) is 0. The van der Waals surface area contributed by atoms with Gasteiger partial charge in [0, 0.05) is 6.04 Å². The van der Waals surface area contributed by atoms with Gasteiger partial charge in [-0.15, -0.1) is 0 Å². The van der Waals surface area contributed by atoms with E-state index in [9.17, 15) is 13.2 Å². The van der Waals surface area contributed by atoms with Crippen molar-refractivity contribution < 1.29 is 22.7 Å². The second kappa shape index (κ2) is 4.50. The van der Waals surface area contributed by atoms with Gasteiger partial charge in [0.25, 0.3) is 10.0 Å². The van der Waals surface area contributed by atoms with E-state index in [2.05, 4.69) is 4.72 Å². The lowest BCUT2D eigenvalue weighted by atomic mass is 10.3. The van der Waals surface area contributed by atoms with Crippen molar-refractivity contribution in [1.82, 2.24) is 4.72 Å². The van der Waals surface area contributed by atoms with Gasteiger partial charge in [-0.3, -0.25) is 0 Å². The maximum absolute atomic E-state index is 11.8. The van der Waals surface area contributed by atoms with Crippen molar-refractivity contribution in [1.29, 1.82) is 0 Å². The quantitative estimate of drug-likeness (QED) is 0.846. The van der Waals surface area contributed by atoms with Crippen LogP contribution in [0, 0.1) is 0 Å². The highest BCUT2D eigenvalue weighted by Gasteiger charge is 2.26. The Kier molecular flexibility index (Phi) is 3.21. The van der Waals surface area contributed by atoms with Gasteiger partial charge in [0.15, 0.2) is 0 Å². The van der Waals surface area contributed by atoms with Gasteiger partial charge in [0.2, 0.25) is 10.9 Å². The number of furan rings is 1. The summed E-state index contributed by atoms with van der Waals surface area (Å²) in [6.45, 7) is 0. The van der Waals surface area contributed by atoms with Crippen LogP contribution in [0.1, 0.15) is 36.2 Å². The van der Waals surface area contributed by atoms with Crippen LogP contribution >= 0.6 is 0 Å². The molecule has 0 amide bonds. The average molecular weight is 259 g/mol. The maximum atomic E-state index is 11.8. The summed E-state index contributed by atoms with van der Waals surface area (Å²) in [6, 6.07) is 2.21. The summed E-state index contributed by atoms with van der Waals surface area (Å²) in [6.07, 6.45) is 3.63. The molecule has 1 aromatic rings. The van der Waals surface area contributed by atoms with Crippen LogP contribution in [0.15, 0.2) is 21.6 Å². The Morgan fingerprint density at radius 1 is 1.35 bits per heavy atom. The lowest BCUT2D eigenvalue weighted by Crippen LogP contribution is -2.32. The first-order valence-corrected chi connectivity index (χ1v) is 6.83. The third-order valence-electron chi connectivity index (χ3n) is 2.73. The minimum absolute atomic E-state index is 0.0709. The molecule has 2 N–H and O–H groups in total. The largest absolute Gasteiger partial charge is 0.475 e. The van der Waals surface area contributed by atoms with Crippen LogP contribution in [0.25, 0.3) is 0 Å².